The van der Waals surface area contributed by atoms with Crippen LogP contribution in [0.3, 0.4) is 0 Å². The van der Waals surface area contributed by atoms with Crippen molar-refractivity contribution < 1.29 is 13.2 Å². The third-order valence-electron chi connectivity index (χ3n) is 5.22. The molecule has 5 nitrogen and oxygen atoms in total. The van der Waals surface area contributed by atoms with Crippen LogP contribution in [0.5, 0.6) is 0 Å². The SMILES string of the molecule is CCCCCCC(C)NC(=O)C1CCN(S(=O)(=O)c2c(Cl)cccc2Cl)CC1. The van der Waals surface area contributed by atoms with Gasteiger partial charge in [0.15, 0.2) is 0 Å². The minimum absolute atomic E-state index is 0.0239. The first-order chi connectivity index (χ1) is 13.3. The van der Waals surface area contributed by atoms with E-state index in [0.717, 1.165) is 12.8 Å². The van der Waals surface area contributed by atoms with E-state index in [9.17, 15) is 13.2 Å². The molecule has 0 aliphatic carbocycles. The smallest absolute Gasteiger partial charge is 0.246 e. The van der Waals surface area contributed by atoms with Crippen LogP contribution in [-0.2, 0) is 14.8 Å². The van der Waals surface area contributed by atoms with Crippen molar-refractivity contribution in [2.45, 2.75) is 69.7 Å². The van der Waals surface area contributed by atoms with Gasteiger partial charge in [-0.3, -0.25) is 4.79 Å². The van der Waals surface area contributed by atoms with Gasteiger partial charge in [-0.2, -0.15) is 4.31 Å². The van der Waals surface area contributed by atoms with Crippen molar-refractivity contribution in [3.63, 3.8) is 0 Å². The van der Waals surface area contributed by atoms with E-state index in [2.05, 4.69) is 12.2 Å². The lowest BCUT2D eigenvalue weighted by molar-refractivity contribution is -0.126. The third kappa shape index (κ3) is 6.09. The van der Waals surface area contributed by atoms with Crippen LogP contribution in [0.2, 0.25) is 10.0 Å². The van der Waals surface area contributed by atoms with E-state index in [-0.39, 0.29) is 45.9 Å². The maximum absolute atomic E-state index is 12.9. The Morgan fingerprint density at radius 2 is 1.79 bits per heavy atom. The molecule has 158 valence electrons. The summed E-state index contributed by atoms with van der Waals surface area (Å²) >= 11 is 12.2. The van der Waals surface area contributed by atoms with Crippen molar-refractivity contribution in [3.8, 4) is 0 Å². The number of nitrogens with one attached hydrogen (secondary N) is 1. The average molecular weight is 449 g/mol. The predicted molar refractivity (Wildman–Crippen MR) is 114 cm³/mol. The minimum atomic E-state index is -3.78. The van der Waals surface area contributed by atoms with Crippen LogP contribution in [0.1, 0.15) is 58.8 Å². The van der Waals surface area contributed by atoms with E-state index >= 15 is 0 Å². The number of rotatable bonds is 9. The van der Waals surface area contributed by atoms with Gasteiger partial charge in [-0.25, -0.2) is 8.42 Å². The fraction of sp³-hybridized carbons (Fsp3) is 0.650. The van der Waals surface area contributed by atoms with E-state index in [4.69, 9.17) is 23.2 Å². The Kier molecular flexibility index (Phi) is 9.06. The first kappa shape index (κ1) is 23.5. The van der Waals surface area contributed by atoms with E-state index in [1.54, 1.807) is 6.07 Å². The van der Waals surface area contributed by atoms with Gasteiger partial charge >= 0.3 is 0 Å². The summed E-state index contributed by atoms with van der Waals surface area (Å²) in [5.41, 5.74) is 0. The number of unbranched alkanes of at least 4 members (excludes halogenated alkanes) is 3. The predicted octanol–water partition coefficient (Wildman–Crippen LogP) is 4.87. The van der Waals surface area contributed by atoms with Crippen LogP contribution in [-0.4, -0.2) is 37.8 Å². The number of hydrogen-bond donors (Lipinski definition) is 1. The lowest BCUT2D eigenvalue weighted by Crippen LogP contribution is -2.44. The van der Waals surface area contributed by atoms with Crippen molar-refractivity contribution in [1.82, 2.24) is 9.62 Å². The molecule has 0 bridgehead atoms. The van der Waals surface area contributed by atoms with Gasteiger partial charge in [-0.15, -0.1) is 0 Å². The average Bonchev–Trinajstić information content (AvgIpc) is 2.65. The highest BCUT2D eigenvalue weighted by atomic mass is 35.5. The van der Waals surface area contributed by atoms with Gasteiger partial charge in [0.05, 0.1) is 10.0 Å². The topological polar surface area (TPSA) is 66.5 Å². The number of halogens is 2. The molecule has 1 unspecified atom stereocenters. The molecule has 1 aromatic rings. The summed E-state index contributed by atoms with van der Waals surface area (Å²) < 4.78 is 27.2. The van der Waals surface area contributed by atoms with E-state index in [0.29, 0.717) is 12.8 Å². The van der Waals surface area contributed by atoms with Crippen molar-refractivity contribution in [1.29, 1.82) is 0 Å². The van der Waals surface area contributed by atoms with Crippen LogP contribution in [0, 0.1) is 5.92 Å². The molecule has 1 aliphatic rings. The quantitative estimate of drug-likeness (QED) is 0.547. The molecule has 1 aromatic carbocycles. The number of carbonyl (C=O) groups excluding carboxylic acids is 1. The Hall–Kier alpha value is -0.820. The van der Waals surface area contributed by atoms with Gasteiger partial charge < -0.3 is 5.32 Å². The van der Waals surface area contributed by atoms with Crippen LogP contribution in [0.15, 0.2) is 23.1 Å². The molecule has 1 N–H and O–H groups in total. The lowest BCUT2D eigenvalue weighted by Gasteiger charge is -2.31. The molecule has 1 saturated heterocycles. The Labute approximate surface area is 178 Å². The Morgan fingerprint density at radius 1 is 1.18 bits per heavy atom. The number of carbonyl (C=O) groups is 1. The fourth-order valence-corrected chi connectivity index (χ4v) is 6.09. The monoisotopic (exact) mass is 448 g/mol. The largest absolute Gasteiger partial charge is 0.353 e. The molecule has 1 aliphatic heterocycles. The van der Waals surface area contributed by atoms with Crippen molar-refractivity contribution in [3.05, 3.63) is 28.2 Å². The third-order valence-corrected chi connectivity index (χ3v) is 8.08. The number of hydrogen-bond acceptors (Lipinski definition) is 3. The summed E-state index contributed by atoms with van der Waals surface area (Å²) in [6.07, 6.45) is 6.70. The van der Waals surface area contributed by atoms with Crippen molar-refractivity contribution in [2.24, 2.45) is 5.92 Å². The minimum Gasteiger partial charge on any atom is -0.353 e. The molecule has 2 rings (SSSR count). The highest BCUT2D eigenvalue weighted by molar-refractivity contribution is 7.89. The maximum Gasteiger partial charge on any atom is 0.246 e. The number of benzene rings is 1. The van der Waals surface area contributed by atoms with E-state index in [1.165, 1.54) is 35.7 Å². The summed E-state index contributed by atoms with van der Waals surface area (Å²) in [5.74, 6) is -0.137. The van der Waals surface area contributed by atoms with Gasteiger partial charge in [-0.05, 0) is 38.3 Å². The molecular formula is C20H30Cl2N2O3S. The Morgan fingerprint density at radius 3 is 2.36 bits per heavy atom. The zero-order valence-corrected chi connectivity index (χ0v) is 18.9. The number of sulfonamides is 1. The second kappa shape index (κ2) is 10.8. The lowest BCUT2D eigenvalue weighted by atomic mass is 9.96. The van der Waals surface area contributed by atoms with Gasteiger partial charge in [0.2, 0.25) is 15.9 Å². The summed E-state index contributed by atoms with van der Waals surface area (Å²) in [6, 6.07) is 4.79. The molecule has 1 amide bonds. The summed E-state index contributed by atoms with van der Waals surface area (Å²) in [6.45, 7) is 4.78. The molecule has 1 heterocycles. The first-order valence-corrected chi connectivity index (χ1v) is 12.2. The zero-order valence-electron chi connectivity index (χ0n) is 16.6. The number of piperidine rings is 1. The maximum atomic E-state index is 12.9. The second-order valence-corrected chi connectivity index (χ2v) is 10.2. The van der Waals surface area contributed by atoms with Crippen LogP contribution >= 0.6 is 23.2 Å². The molecule has 0 aromatic heterocycles. The van der Waals surface area contributed by atoms with Gasteiger partial charge in [-0.1, -0.05) is 61.9 Å². The van der Waals surface area contributed by atoms with Gasteiger partial charge in [0, 0.05) is 25.0 Å². The normalized spacial score (nSPS) is 17.4. The van der Waals surface area contributed by atoms with Crippen molar-refractivity contribution in [2.75, 3.05) is 13.1 Å². The van der Waals surface area contributed by atoms with E-state index < -0.39 is 10.0 Å². The standard InChI is InChI=1S/C20H30Cl2N2O3S/c1-3-4-5-6-8-15(2)23-20(25)16-11-13-24(14-12-16)28(26,27)19-17(21)9-7-10-18(19)22/h7,9-10,15-16H,3-6,8,11-14H2,1-2H3,(H,23,25). The summed E-state index contributed by atoms with van der Waals surface area (Å²) in [5, 5.41) is 3.31. The molecular weight excluding hydrogens is 419 g/mol. The number of nitrogens with zero attached hydrogens (tertiary/aromatic N) is 1. The molecule has 1 fully saturated rings. The molecule has 0 radical (unpaired) electrons. The summed E-state index contributed by atoms with van der Waals surface area (Å²) in [7, 11) is -3.78. The van der Waals surface area contributed by atoms with Crippen LogP contribution in [0.4, 0.5) is 0 Å². The second-order valence-electron chi connectivity index (χ2n) is 7.49. The zero-order chi connectivity index (χ0) is 20.7. The van der Waals surface area contributed by atoms with Crippen LogP contribution < -0.4 is 5.32 Å². The molecule has 0 saturated carbocycles. The van der Waals surface area contributed by atoms with E-state index in [1.807, 2.05) is 6.92 Å². The highest BCUT2D eigenvalue weighted by Gasteiger charge is 2.34. The molecule has 8 heteroatoms. The van der Waals surface area contributed by atoms with Crippen molar-refractivity contribution >= 4 is 39.1 Å². The molecule has 0 spiro atoms. The van der Waals surface area contributed by atoms with Gasteiger partial charge in [0.1, 0.15) is 4.90 Å². The Bertz CT molecular complexity index is 742. The molecule has 28 heavy (non-hydrogen) atoms. The van der Waals surface area contributed by atoms with Crippen LogP contribution in [0.25, 0.3) is 0 Å². The molecule has 1 atom stereocenters. The number of amides is 1. The van der Waals surface area contributed by atoms with Gasteiger partial charge in [0.25, 0.3) is 0 Å². The Balaban J connectivity index is 1.89. The summed E-state index contributed by atoms with van der Waals surface area (Å²) in [4.78, 5) is 12.5. The first-order valence-electron chi connectivity index (χ1n) is 10.0. The fourth-order valence-electron chi connectivity index (χ4n) is 3.53. The highest BCUT2D eigenvalue weighted by Crippen LogP contribution is 2.33.